The number of primary amides is 1. The van der Waals surface area contributed by atoms with E-state index >= 15 is 0 Å². The first-order valence-corrected chi connectivity index (χ1v) is 6.89. The number of aliphatic carboxylic acids is 1. The summed E-state index contributed by atoms with van der Waals surface area (Å²) in [6, 6.07) is -0.973. The monoisotopic (exact) mass is 301 g/mol. The van der Waals surface area contributed by atoms with E-state index in [1.54, 1.807) is 13.8 Å². The highest BCUT2D eigenvalue weighted by Crippen LogP contribution is 2.22. The van der Waals surface area contributed by atoms with Crippen LogP contribution in [0.3, 0.4) is 0 Å². The summed E-state index contributed by atoms with van der Waals surface area (Å²) in [5.74, 6) is -1.48. The molecule has 0 radical (unpaired) electrons. The first kappa shape index (κ1) is 19.2. The van der Waals surface area contributed by atoms with Gasteiger partial charge in [-0.3, -0.25) is 9.59 Å². The van der Waals surface area contributed by atoms with Crippen molar-refractivity contribution < 1.29 is 19.5 Å². The van der Waals surface area contributed by atoms with Gasteiger partial charge in [-0.05, 0) is 25.7 Å². The summed E-state index contributed by atoms with van der Waals surface area (Å²) >= 11 is 0. The zero-order chi connectivity index (χ0) is 16.8. The van der Waals surface area contributed by atoms with E-state index in [1.807, 2.05) is 20.8 Å². The Morgan fingerprint density at radius 3 is 2.05 bits per heavy atom. The molecule has 21 heavy (non-hydrogen) atoms. The van der Waals surface area contributed by atoms with E-state index in [4.69, 9.17) is 10.8 Å². The molecule has 0 saturated heterocycles. The van der Waals surface area contributed by atoms with Gasteiger partial charge in [0, 0.05) is 12.6 Å². The summed E-state index contributed by atoms with van der Waals surface area (Å²) in [7, 11) is 0. The van der Waals surface area contributed by atoms with Crippen LogP contribution in [-0.2, 0) is 9.59 Å². The highest BCUT2D eigenvalue weighted by molar-refractivity contribution is 5.81. The predicted octanol–water partition coefficient (Wildman–Crippen LogP) is 1.08. The number of nitrogens with two attached hydrogens (primary N) is 1. The summed E-state index contributed by atoms with van der Waals surface area (Å²) in [6.45, 7) is 9.25. The maximum Gasteiger partial charge on any atom is 0.315 e. The van der Waals surface area contributed by atoms with Crippen LogP contribution in [0, 0.1) is 10.8 Å². The lowest BCUT2D eigenvalue weighted by molar-refractivity contribution is -0.137. The van der Waals surface area contributed by atoms with E-state index in [0.717, 1.165) is 0 Å². The lowest BCUT2D eigenvalue weighted by Crippen LogP contribution is -2.49. The third kappa shape index (κ3) is 8.88. The van der Waals surface area contributed by atoms with E-state index in [2.05, 4.69) is 10.6 Å². The topological polar surface area (TPSA) is 122 Å². The second-order valence-electron chi connectivity index (χ2n) is 7.13. The van der Waals surface area contributed by atoms with Crippen molar-refractivity contribution in [1.29, 1.82) is 0 Å². The molecule has 7 heteroatoms. The number of rotatable bonds is 7. The second kappa shape index (κ2) is 7.28. The molecule has 0 aromatic carbocycles. The summed E-state index contributed by atoms with van der Waals surface area (Å²) in [5.41, 5.74) is 4.25. The molecule has 0 heterocycles. The van der Waals surface area contributed by atoms with Crippen LogP contribution >= 0.6 is 0 Å². The van der Waals surface area contributed by atoms with Gasteiger partial charge in [-0.1, -0.05) is 20.8 Å². The molecule has 0 fully saturated rings. The standard InChI is InChI=1S/C14H27N3O4/c1-13(2,3)7-9(6-10(18)19)17-12(21)16-8-14(4,5)11(15)20/h9H,6-8H2,1-5H3,(H2,15,20)(H,18,19)(H2,16,17,21). The first-order valence-electron chi connectivity index (χ1n) is 6.89. The van der Waals surface area contributed by atoms with Gasteiger partial charge in [0.2, 0.25) is 5.91 Å². The van der Waals surface area contributed by atoms with Gasteiger partial charge in [-0.25, -0.2) is 4.79 Å². The first-order chi connectivity index (χ1) is 9.33. The van der Waals surface area contributed by atoms with E-state index in [-0.39, 0.29) is 18.4 Å². The number of carboxylic acid groups (broad SMARTS) is 1. The van der Waals surface area contributed by atoms with Crippen molar-refractivity contribution in [3.05, 3.63) is 0 Å². The molecule has 7 nitrogen and oxygen atoms in total. The molecular formula is C14H27N3O4. The highest BCUT2D eigenvalue weighted by Gasteiger charge is 2.27. The SMILES string of the molecule is CC(C)(C)CC(CC(=O)O)NC(=O)NCC(C)(C)C(N)=O. The van der Waals surface area contributed by atoms with Crippen LogP contribution in [0.1, 0.15) is 47.5 Å². The molecule has 0 aromatic heterocycles. The number of urea groups is 1. The average molecular weight is 301 g/mol. The van der Waals surface area contributed by atoms with Crippen LogP contribution < -0.4 is 16.4 Å². The second-order valence-corrected chi connectivity index (χ2v) is 7.13. The fraction of sp³-hybridized carbons (Fsp3) is 0.786. The Kier molecular flexibility index (Phi) is 6.66. The van der Waals surface area contributed by atoms with Gasteiger partial charge >= 0.3 is 12.0 Å². The van der Waals surface area contributed by atoms with Gasteiger partial charge in [0.1, 0.15) is 0 Å². The molecule has 1 atom stereocenters. The zero-order valence-corrected chi connectivity index (χ0v) is 13.4. The lowest BCUT2D eigenvalue weighted by Gasteiger charge is -2.27. The van der Waals surface area contributed by atoms with Crippen LogP contribution in [0.25, 0.3) is 0 Å². The third-order valence-corrected chi connectivity index (χ3v) is 2.97. The molecule has 0 bridgehead atoms. The Morgan fingerprint density at radius 2 is 1.67 bits per heavy atom. The largest absolute Gasteiger partial charge is 0.481 e. The molecule has 1 unspecified atom stereocenters. The van der Waals surface area contributed by atoms with Crippen LogP contribution in [-0.4, -0.2) is 35.6 Å². The van der Waals surface area contributed by atoms with Crippen LogP contribution in [0.15, 0.2) is 0 Å². The number of carboxylic acids is 1. The van der Waals surface area contributed by atoms with E-state index in [0.29, 0.717) is 6.42 Å². The van der Waals surface area contributed by atoms with Gasteiger partial charge in [-0.2, -0.15) is 0 Å². The summed E-state index contributed by atoms with van der Waals surface area (Å²) < 4.78 is 0. The lowest BCUT2D eigenvalue weighted by atomic mass is 9.87. The number of hydrogen-bond acceptors (Lipinski definition) is 3. The van der Waals surface area contributed by atoms with Gasteiger partial charge in [-0.15, -0.1) is 0 Å². The minimum Gasteiger partial charge on any atom is -0.481 e. The van der Waals surface area contributed by atoms with Gasteiger partial charge in [0.15, 0.2) is 0 Å². The predicted molar refractivity (Wildman–Crippen MR) is 79.6 cm³/mol. The number of amides is 3. The average Bonchev–Trinajstić information content (AvgIpc) is 2.22. The van der Waals surface area contributed by atoms with Crippen molar-refractivity contribution in [3.8, 4) is 0 Å². The number of nitrogens with one attached hydrogen (secondary N) is 2. The minimum atomic E-state index is -0.970. The van der Waals surface area contributed by atoms with E-state index < -0.39 is 29.4 Å². The Hall–Kier alpha value is -1.79. The molecule has 0 aliphatic carbocycles. The highest BCUT2D eigenvalue weighted by atomic mass is 16.4. The van der Waals surface area contributed by atoms with Crippen LogP contribution in [0.4, 0.5) is 4.79 Å². The van der Waals surface area contributed by atoms with Crippen molar-refractivity contribution in [2.75, 3.05) is 6.54 Å². The fourth-order valence-electron chi connectivity index (χ4n) is 1.75. The zero-order valence-electron chi connectivity index (χ0n) is 13.4. The Balaban J connectivity index is 4.53. The van der Waals surface area contributed by atoms with E-state index in [9.17, 15) is 14.4 Å². The van der Waals surface area contributed by atoms with Crippen molar-refractivity contribution in [2.24, 2.45) is 16.6 Å². The van der Waals surface area contributed by atoms with E-state index in [1.165, 1.54) is 0 Å². The summed E-state index contributed by atoms with van der Waals surface area (Å²) in [5, 5.41) is 14.1. The number of carbonyl (C=O) groups excluding carboxylic acids is 2. The van der Waals surface area contributed by atoms with Gasteiger partial charge in [0.25, 0.3) is 0 Å². The molecule has 5 N–H and O–H groups in total. The molecule has 0 aromatic rings. The molecule has 3 amide bonds. The maximum atomic E-state index is 11.8. The third-order valence-electron chi connectivity index (χ3n) is 2.97. The number of carbonyl (C=O) groups is 3. The van der Waals surface area contributed by atoms with Crippen molar-refractivity contribution >= 4 is 17.9 Å². The summed E-state index contributed by atoms with van der Waals surface area (Å²) in [4.78, 5) is 33.8. The number of hydrogen-bond donors (Lipinski definition) is 4. The molecular weight excluding hydrogens is 274 g/mol. The molecule has 0 saturated carbocycles. The molecule has 0 spiro atoms. The van der Waals surface area contributed by atoms with Crippen molar-refractivity contribution in [3.63, 3.8) is 0 Å². The Bertz CT molecular complexity index is 400. The van der Waals surface area contributed by atoms with Crippen molar-refractivity contribution in [1.82, 2.24) is 10.6 Å². The Morgan fingerprint density at radius 1 is 1.14 bits per heavy atom. The molecule has 122 valence electrons. The minimum absolute atomic E-state index is 0.0868. The normalized spacial score (nSPS) is 13.4. The summed E-state index contributed by atoms with van der Waals surface area (Å²) in [6.07, 6.45) is 0.385. The maximum absolute atomic E-state index is 11.8. The molecule has 0 aliphatic rings. The quantitative estimate of drug-likeness (QED) is 0.562. The van der Waals surface area contributed by atoms with Crippen LogP contribution in [0.2, 0.25) is 0 Å². The fourth-order valence-corrected chi connectivity index (χ4v) is 1.75. The van der Waals surface area contributed by atoms with Gasteiger partial charge in [0.05, 0.1) is 11.8 Å². The van der Waals surface area contributed by atoms with Crippen molar-refractivity contribution in [2.45, 2.75) is 53.5 Å². The molecule has 0 rings (SSSR count). The van der Waals surface area contributed by atoms with Crippen LogP contribution in [0.5, 0.6) is 0 Å². The van der Waals surface area contributed by atoms with Gasteiger partial charge < -0.3 is 21.5 Å². The smallest absolute Gasteiger partial charge is 0.315 e. The Labute approximate surface area is 125 Å². The molecule has 0 aliphatic heterocycles.